The van der Waals surface area contributed by atoms with Gasteiger partial charge in [-0.05, 0) is 0 Å². The minimum absolute atomic E-state index is 0. The van der Waals surface area contributed by atoms with Crippen LogP contribution in [0.4, 0.5) is 0 Å². The largest absolute Gasteiger partial charge is 0.387 e. The molecular weight excluding hydrogens is 96.0 g/mol. The highest BCUT2D eigenvalue weighted by molar-refractivity contribution is 6.04. The van der Waals surface area contributed by atoms with Gasteiger partial charge in [0.1, 0.15) is 0 Å². The molecule has 1 rings (SSSR count). The second kappa shape index (κ2) is 1.18. The summed E-state index contributed by atoms with van der Waals surface area (Å²) in [4.78, 5) is 19.8. The standard InChI is InChI=1S/C4H2O3.H2/c5-3-1-2-4(6)7-3;/h1-2H;1H. The van der Waals surface area contributed by atoms with Crippen LogP contribution in [0, 0.1) is 0 Å². The summed E-state index contributed by atoms with van der Waals surface area (Å²) in [6, 6.07) is 0. The maximum Gasteiger partial charge on any atom is 0.338 e. The summed E-state index contributed by atoms with van der Waals surface area (Å²) >= 11 is 0. The van der Waals surface area contributed by atoms with Crippen molar-refractivity contribution in [3.63, 3.8) is 0 Å². The molecule has 7 heavy (non-hydrogen) atoms. The topological polar surface area (TPSA) is 43.4 Å². The smallest absolute Gasteiger partial charge is 0.338 e. The van der Waals surface area contributed by atoms with Crippen LogP contribution in [-0.2, 0) is 14.3 Å². The van der Waals surface area contributed by atoms with Gasteiger partial charge < -0.3 is 4.74 Å². The molecule has 0 spiro atoms. The molecule has 0 aromatic carbocycles. The molecule has 3 heteroatoms. The Balaban J connectivity index is 0.000000490. The van der Waals surface area contributed by atoms with Crippen LogP contribution in [0.3, 0.4) is 0 Å². The fraction of sp³-hybridized carbons (Fsp3) is 0. The van der Waals surface area contributed by atoms with E-state index in [0.717, 1.165) is 12.2 Å². The number of rotatable bonds is 0. The summed E-state index contributed by atoms with van der Waals surface area (Å²) in [5, 5.41) is 0. The molecule has 0 N–H and O–H groups in total. The lowest BCUT2D eigenvalue weighted by atomic mass is 10.6. The third-order valence-corrected chi connectivity index (χ3v) is 0.557. The highest BCUT2D eigenvalue weighted by atomic mass is 16.6. The monoisotopic (exact) mass is 100 g/mol. The van der Waals surface area contributed by atoms with Gasteiger partial charge in [0.05, 0.1) is 0 Å². The van der Waals surface area contributed by atoms with Gasteiger partial charge in [-0.25, -0.2) is 9.59 Å². The van der Waals surface area contributed by atoms with E-state index in [0.29, 0.717) is 0 Å². The third-order valence-electron chi connectivity index (χ3n) is 0.557. The zero-order valence-electron chi connectivity index (χ0n) is 3.38. The van der Waals surface area contributed by atoms with Gasteiger partial charge in [-0.15, -0.1) is 0 Å². The molecule has 0 saturated heterocycles. The lowest BCUT2D eigenvalue weighted by molar-refractivity contribution is -0.150. The second-order valence-corrected chi connectivity index (χ2v) is 1.07. The third kappa shape index (κ3) is 0.652. The van der Waals surface area contributed by atoms with Gasteiger partial charge in [0.15, 0.2) is 0 Å². The Kier molecular flexibility index (Phi) is 0.685. The predicted octanol–water partition coefficient (Wildman–Crippen LogP) is -0.128. The summed E-state index contributed by atoms with van der Waals surface area (Å²) < 4.78 is 3.97. The Bertz CT molecular complexity index is 133. The molecule has 0 atom stereocenters. The Morgan fingerprint density at radius 1 is 1.29 bits per heavy atom. The first-order chi connectivity index (χ1) is 3.29. The molecule has 1 heterocycles. The second-order valence-electron chi connectivity index (χ2n) is 1.07. The SMILES string of the molecule is O=C1C=CC(=O)O1.[HH]. The molecular formula is C4H4O3. The van der Waals surface area contributed by atoms with Crippen LogP contribution in [0.5, 0.6) is 0 Å². The summed E-state index contributed by atoms with van der Waals surface area (Å²) in [6.07, 6.45) is 2.17. The Morgan fingerprint density at radius 3 is 1.86 bits per heavy atom. The lowest BCUT2D eigenvalue weighted by Crippen LogP contribution is -1.96. The molecule has 0 aromatic rings. The van der Waals surface area contributed by atoms with Crippen LogP contribution in [0.15, 0.2) is 12.2 Å². The maximum absolute atomic E-state index is 9.92. The zero-order chi connectivity index (χ0) is 5.28. The lowest BCUT2D eigenvalue weighted by Gasteiger charge is -1.80. The van der Waals surface area contributed by atoms with Gasteiger partial charge in [0.2, 0.25) is 0 Å². The first-order valence-electron chi connectivity index (χ1n) is 1.73. The average Bonchev–Trinajstić information content (AvgIpc) is 1.87. The van der Waals surface area contributed by atoms with E-state index in [-0.39, 0.29) is 1.43 Å². The molecule has 0 radical (unpaired) electrons. The molecule has 1 aliphatic rings. The normalized spacial score (nSPS) is 17.7. The van der Waals surface area contributed by atoms with Crippen molar-refractivity contribution in [2.75, 3.05) is 0 Å². The Labute approximate surface area is 41.1 Å². The van der Waals surface area contributed by atoms with Gasteiger partial charge >= 0.3 is 11.9 Å². The van der Waals surface area contributed by atoms with E-state index in [2.05, 4.69) is 4.74 Å². The molecule has 38 valence electrons. The van der Waals surface area contributed by atoms with Gasteiger partial charge in [-0.2, -0.15) is 0 Å². The molecule has 0 unspecified atom stereocenters. The van der Waals surface area contributed by atoms with Crippen molar-refractivity contribution in [1.29, 1.82) is 0 Å². The van der Waals surface area contributed by atoms with Crippen molar-refractivity contribution < 1.29 is 15.8 Å². The Hall–Kier alpha value is -1.12. The summed E-state index contributed by atoms with van der Waals surface area (Å²) in [7, 11) is 0. The molecule has 0 bridgehead atoms. The van der Waals surface area contributed by atoms with Crippen LogP contribution in [0.1, 0.15) is 1.43 Å². The van der Waals surface area contributed by atoms with E-state index >= 15 is 0 Å². The van der Waals surface area contributed by atoms with Crippen molar-refractivity contribution in [3.8, 4) is 0 Å². The molecule has 3 nitrogen and oxygen atoms in total. The molecule has 0 aliphatic carbocycles. The number of hydrogen-bond donors (Lipinski definition) is 0. The molecule has 0 amide bonds. The van der Waals surface area contributed by atoms with Crippen LogP contribution < -0.4 is 0 Å². The van der Waals surface area contributed by atoms with Gasteiger partial charge in [0, 0.05) is 13.6 Å². The molecule has 1 aliphatic heterocycles. The van der Waals surface area contributed by atoms with Crippen LogP contribution >= 0.6 is 0 Å². The van der Waals surface area contributed by atoms with E-state index in [1.165, 1.54) is 0 Å². The number of carbonyl (C=O) groups excluding carboxylic acids is 2. The van der Waals surface area contributed by atoms with Gasteiger partial charge in [-0.3, -0.25) is 0 Å². The van der Waals surface area contributed by atoms with Crippen molar-refractivity contribution in [2.45, 2.75) is 0 Å². The van der Waals surface area contributed by atoms with Crippen molar-refractivity contribution in [1.82, 2.24) is 0 Å². The highest BCUT2D eigenvalue weighted by Crippen LogP contribution is 1.92. The molecule has 0 saturated carbocycles. The predicted molar refractivity (Wildman–Crippen MR) is 22.4 cm³/mol. The van der Waals surface area contributed by atoms with Gasteiger partial charge in [-0.1, -0.05) is 0 Å². The Morgan fingerprint density at radius 2 is 1.71 bits per heavy atom. The minimum atomic E-state index is -0.579. The summed E-state index contributed by atoms with van der Waals surface area (Å²) in [5.74, 6) is -1.16. The number of hydrogen-bond acceptors (Lipinski definition) is 3. The number of carbonyl (C=O) groups is 2. The summed E-state index contributed by atoms with van der Waals surface area (Å²) in [6.45, 7) is 0. The first kappa shape index (κ1) is 4.05. The van der Waals surface area contributed by atoms with Crippen molar-refractivity contribution >= 4 is 11.9 Å². The number of cyclic esters (lactones) is 2. The fourth-order valence-electron chi connectivity index (χ4n) is 0.303. The maximum atomic E-state index is 9.92. The minimum Gasteiger partial charge on any atom is -0.387 e. The fourth-order valence-corrected chi connectivity index (χ4v) is 0.303. The van der Waals surface area contributed by atoms with Gasteiger partial charge in [0.25, 0.3) is 0 Å². The van der Waals surface area contributed by atoms with Crippen molar-refractivity contribution in [2.24, 2.45) is 0 Å². The molecule has 0 fully saturated rings. The van der Waals surface area contributed by atoms with E-state index in [9.17, 15) is 9.59 Å². The average molecular weight is 100 g/mol. The van der Waals surface area contributed by atoms with E-state index in [4.69, 9.17) is 0 Å². The number of esters is 2. The number of ether oxygens (including phenoxy) is 1. The van der Waals surface area contributed by atoms with E-state index in [1.807, 2.05) is 0 Å². The zero-order valence-corrected chi connectivity index (χ0v) is 3.38. The quantitative estimate of drug-likeness (QED) is 0.314. The van der Waals surface area contributed by atoms with Crippen molar-refractivity contribution in [3.05, 3.63) is 12.2 Å². The highest BCUT2D eigenvalue weighted by Gasteiger charge is 2.10. The summed E-state index contributed by atoms with van der Waals surface area (Å²) in [5.41, 5.74) is 0. The van der Waals surface area contributed by atoms with Crippen LogP contribution in [0.25, 0.3) is 0 Å². The van der Waals surface area contributed by atoms with E-state index < -0.39 is 11.9 Å². The van der Waals surface area contributed by atoms with Crippen LogP contribution in [-0.4, -0.2) is 11.9 Å². The van der Waals surface area contributed by atoms with Crippen LogP contribution in [0.2, 0.25) is 0 Å². The first-order valence-corrected chi connectivity index (χ1v) is 1.73. The molecule has 0 aromatic heterocycles. The van der Waals surface area contributed by atoms with E-state index in [1.54, 1.807) is 0 Å².